The van der Waals surface area contributed by atoms with Crippen molar-refractivity contribution in [2.24, 2.45) is 0 Å². The molecule has 0 atom stereocenters. The molecular formula is C23H37BN6O. The van der Waals surface area contributed by atoms with Crippen molar-refractivity contribution in [3.63, 3.8) is 0 Å². The highest BCUT2D eigenvalue weighted by atomic mass is 16.2. The Balaban J connectivity index is 0.000000179. The predicted molar refractivity (Wildman–Crippen MR) is 130 cm³/mol. The van der Waals surface area contributed by atoms with Crippen molar-refractivity contribution in [3.05, 3.63) is 47.8 Å². The van der Waals surface area contributed by atoms with E-state index in [9.17, 15) is 5.02 Å². The fourth-order valence-electron chi connectivity index (χ4n) is 4.05. The topological polar surface area (TPSA) is 85.3 Å². The zero-order valence-corrected chi connectivity index (χ0v) is 19.1. The number of hydrogen-bond donors (Lipinski definition) is 4. The Kier molecular flexibility index (Phi) is 9.12. The van der Waals surface area contributed by atoms with Crippen molar-refractivity contribution in [1.29, 1.82) is 0 Å². The van der Waals surface area contributed by atoms with Crippen molar-refractivity contribution < 1.29 is 5.02 Å². The van der Waals surface area contributed by atoms with Crippen LogP contribution in [-0.4, -0.2) is 65.1 Å². The molecule has 4 heterocycles. The summed E-state index contributed by atoms with van der Waals surface area (Å²) < 4.78 is 0. The summed E-state index contributed by atoms with van der Waals surface area (Å²) >= 11 is 0. The highest BCUT2D eigenvalue weighted by Gasteiger charge is 2.23. The van der Waals surface area contributed by atoms with Crippen molar-refractivity contribution in [2.75, 3.05) is 36.8 Å². The van der Waals surface area contributed by atoms with Gasteiger partial charge in [0.1, 0.15) is 11.6 Å². The molecule has 8 heteroatoms. The molecule has 2 aliphatic heterocycles. The molecule has 0 radical (unpaired) electrons. The first-order valence-electron chi connectivity index (χ1n) is 11.5. The molecule has 31 heavy (non-hydrogen) atoms. The van der Waals surface area contributed by atoms with Gasteiger partial charge in [0, 0.05) is 23.5 Å². The normalized spacial score (nSPS) is 18.1. The van der Waals surface area contributed by atoms with Gasteiger partial charge in [-0.1, -0.05) is 12.1 Å². The molecular weight excluding hydrogens is 387 g/mol. The molecule has 2 aromatic rings. The lowest BCUT2D eigenvalue weighted by Gasteiger charge is -2.33. The molecule has 0 amide bonds. The van der Waals surface area contributed by atoms with Crippen LogP contribution in [0.2, 0.25) is 6.82 Å². The van der Waals surface area contributed by atoms with Gasteiger partial charge in [0.25, 0.3) is 0 Å². The molecule has 0 bridgehead atoms. The molecule has 0 saturated carbocycles. The Morgan fingerprint density at radius 3 is 1.81 bits per heavy atom. The van der Waals surface area contributed by atoms with Crippen LogP contribution in [0.25, 0.3) is 0 Å². The monoisotopic (exact) mass is 424 g/mol. The van der Waals surface area contributed by atoms with Crippen LogP contribution >= 0.6 is 0 Å². The van der Waals surface area contributed by atoms with E-state index in [-0.39, 0.29) is 7.05 Å². The van der Waals surface area contributed by atoms with Crippen molar-refractivity contribution in [2.45, 2.75) is 58.4 Å². The summed E-state index contributed by atoms with van der Waals surface area (Å²) in [7, 11) is -0.326. The van der Waals surface area contributed by atoms with Crippen molar-refractivity contribution in [3.8, 4) is 0 Å². The van der Waals surface area contributed by atoms with E-state index in [1.807, 2.05) is 57.1 Å². The van der Waals surface area contributed by atoms with Gasteiger partial charge in [-0.05, 0) is 96.8 Å². The number of pyridine rings is 2. The standard InChI is InChI=1S/C12H20BN3O.C11H17N3/c1-10-4-3-5-12(14-10)15-11-6-8-16(9-7-11)13(2)17;1-9-3-2-4-11(13-9)14-10-5-7-12-8-6-10/h3-5,11,17H,6-9H2,1-2H3,(H,14,15);2-4,10,12H,5-8H2,1H3,(H,13,14). The Bertz CT molecular complexity index is 791. The lowest BCUT2D eigenvalue weighted by molar-refractivity contribution is 0.298. The average Bonchev–Trinajstić information content (AvgIpc) is 2.75. The first-order valence-corrected chi connectivity index (χ1v) is 11.5. The van der Waals surface area contributed by atoms with E-state index in [1.54, 1.807) is 0 Å². The number of rotatable bonds is 5. The summed E-state index contributed by atoms with van der Waals surface area (Å²) in [6.45, 7) is 9.97. The molecule has 0 aromatic carbocycles. The van der Waals surface area contributed by atoms with E-state index in [0.29, 0.717) is 12.1 Å². The van der Waals surface area contributed by atoms with Crippen LogP contribution in [0, 0.1) is 13.8 Å². The number of nitrogens with zero attached hydrogens (tertiary/aromatic N) is 3. The fourth-order valence-corrected chi connectivity index (χ4v) is 4.05. The van der Waals surface area contributed by atoms with E-state index >= 15 is 0 Å². The number of nitrogens with one attached hydrogen (secondary N) is 3. The molecule has 168 valence electrons. The minimum atomic E-state index is -0.326. The molecule has 2 fully saturated rings. The van der Waals surface area contributed by atoms with Crippen molar-refractivity contribution >= 4 is 18.7 Å². The van der Waals surface area contributed by atoms with Crippen LogP contribution in [0.1, 0.15) is 37.1 Å². The smallest absolute Gasteiger partial charge is 0.376 e. The molecule has 2 aromatic heterocycles. The van der Waals surface area contributed by atoms with E-state index in [1.165, 1.54) is 12.8 Å². The SMILES string of the molecule is CB(O)N1CCC(Nc2cccc(C)n2)CC1.Cc1cccc(NC2CCNCC2)n1. The maximum absolute atomic E-state index is 9.48. The number of aromatic nitrogens is 2. The summed E-state index contributed by atoms with van der Waals surface area (Å²) in [6, 6.07) is 13.2. The first kappa shape index (κ1) is 23.5. The van der Waals surface area contributed by atoms with E-state index < -0.39 is 0 Å². The van der Waals surface area contributed by atoms with Crippen LogP contribution in [0.5, 0.6) is 0 Å². The molecule has 0 aliphatic carbocycles. The fraction of sp³-hybridized carbons (Fsp3) is 0.565. The summed E-state index contributed by atoms with van der Waals surface area (Å²) in [5.41, 5.74) is 2.11. The third-order valence-electron chi connectivity index (χ3n) is 5.88. The quantitative estimate of drug-likeness (QED) is 0.549. The second-order valence-corrected chi connectivity index (χ2v) is 8.58. The minimum absolute atomic E-state index is 0.326. The molecule has 7 nitrogen and oxygen atoms in total. The lowest BCUT2D eigenvalue weighted by atomic mass is 9.82. The largest absolute Gasteiger partial charge is 0.437 e. The molecule has 0 unspecified atom stereocenters. The van der Waals surface area contributed by atoms with Gasteiger partial charge in [0.05, 0.1) is 0 Å². The predicted octanol–water partition coefficient (Wildman–Crippen LogP) is 2.93. The van der Waals surface area contributed by atoms with Crippen LogP contribution < -0.4 is 16.0 Å². The summed E-state index contributed by atoms with van der Waals surface area (Å²) in [6.07, 6.45) is 4.49. The average molecular weight is 424 g/mol. The molecule has 4 rings (SSSR count). The van der Waals surface area contributed by atoms with Gasteiger partial charge in [0.15, 0.2) is 0 Å². The van der Waals surface area contributed by atoms with Crippen molar-refractivity contribution in [1.82, 2.24) is 20.1 Å². The van der Waals surface area contributed by atoms with E-state index in [4.69, 9.17) is 0 Å². The lowest BCUT2D eigenvalue weighted by Crippen LogP contribution is -2.45. The zero-order chi connectivity index (χ0) is 22.1. The van der Waals surface area contributed by atoms with Crippen LogP contribution in [-0.2, 0) is 0 Å². The Morgan fingerprint density at radius 1 is 0.871 bits per heavy atom. The Labute approximate surface area is 187 Å². The second kappa shape index (κ2) is 12.0. The van der Waals surface area contributed by atoms with E-state index in [0.717, 1.165) is 62.0 Å². The Hall–Kier alpha value is -2.16. The van der Waals surface area contributed by atoms with Gasteiger partial charge in [-0.3, -0.25) is 0 Å². The maximum atomic E-state index is 9.48. The third-order valence-corrected chi connectivity index (χ3v) is 5.88. The molecule has 0 spiro atoms. The minimum Gasteiger partial charge on any atom is -0.437 e. The number of piperidine rings is 2. The van der Waals surface area contributed by atoms with Gasteiger partial charge in [-0.15, -0.1) is 0 Å². The molecule has 4 N–H and O–H groups in total. The van der Waals surface area contributed by atoms with Gasteiger partial charge < -0.3 is 25.8 Å². The number of aryl methyl sites for hydroxylation is 2. The first-order chi connectivity index (χ1) is 15.0. The second-order valence-electron chi connectivity index (χ2n) is 8.58. The van der Waals surface area contributed by atoms with Gasteiger partial charge in [0.2, 0.25) is 0 Å². The number of anilines is 2. The van der Waals surface area contributed by atoms with Gasteiger partial charge >= 0.3 is 7.05 Å². The highest BCUT2D eigenvalue weighted by molar-refractivity contribution is 6.45. The number of hydrogen-bond acceptors (Lipinski definition) is 7. The summed E-state index contributed by atoms with van der Waals surface area (Å²) in [5, 5.41) is 19.8. The van der Waals surface area contributed by atoms with Crippen LogP contribution in [0.15, 0.2) is 36.4 Å². The van der Waals surface area contributed by atoms with Gasteiger partial charge in [-0.2, -0.15) is 0 Å². The van der Waals surface area contributed by atoms with Crippen LogP contribution in [0.4, 0.5) is 11.6 Å². The summed E-state index contributed by atoms with van der Waals surface area (Å²) in [5.74, 6) is 1.97. The maximum Gasteiger partial charge on any atom is 0.376 e. The Morgan fingerprint density at radius 2 is 1.35 bits per heavy atom. The summed E-state index contributed by atoms with van der Waals surface area (Å²) in [4.78, 5) is 11.0. The van der Waals surface area contributed by atoms with Crippen LogP contribution in [0.3, 0.4) is 0 Å². The van der Waals surface area contributed by atoms with Gasteiger partial charge in [-0.25, -0.2) is 9.97 Å². The zero-order valence-electron chi connectivity index (χ0n) is 19.1. The highest BCUT2D eigenvalue weighted by Crippen LogP contribution is 2.16. The van der Waals surface area contributed by atoms with E-state index in [2.05, 4.69) is 30.7 Å². The third kappa shape index (κ3) is 8.13. The molecule has 2 saturated heterocycles. The molecule has 2 aliphatic rings.